The van der Waals surface area contributed by atoms with Crippen molar-refractivity contribution < 1.29 is 18.3 Å². The molecule has 0 radical (unpaired) electrons. The van der Waals surface area contributed by atoms with Crippen LogP contribution >= 0.6 is 0 Å². The zero-order chi connectivity index (χ0) is 13.9. The maximum Gasteiger partial charge on any atom is 0.224 e. The van der Waals surface area contributed by atoms with Gasteiger partial charge in [0.25, 0.3) is 0 Å². The summed E-state index contributed by atoms with van der Waals surface area (Å²) in [6.07, 6.45) is 3.85. The van der Waals surface area contributed by atoms with Crippen LogP contribution in [0.25, 0.3) is 11.0 Å². The van der Waals surface area contributed by atoms with Crippen molar-refractivity contribution in [3.63, 3.8) is 0 Å². The van der Waals surface area contributed by atoms with Gasteiger partial charge in [-0.05, 0) is 31.0 Å². The minimum absolute atomic E-state index is 0.104. The number of ether oxygens (including phenoxy) is 1. The zero-order valence-electron chi connectivity index (χ0n) is 11.0. The summed E-state index contributed by atoms with van der Waals surface area (Å²) in [6.45, 7) is 1.30. The van der Waals surface area contributed by atoms with Crippen molar-refractivity contribution in [3.8, 4) is 0 Å². The molecule has 1 N–H and O–H groups in total. The van der Waals surface area contributed by atoms with Crippen LogP contribution in [0.4, 0.5) is 4.39 Å². The minimum Gasteiger partial charge on any atom is -0.464 e. The summed E-state index contributed by atoms with van der Waals surface area (Å²) in [5.74, 6) is -0.438. The van der Waals surface area contributed by atoms with Gasteiger partial charge in [-0.15, -0.1) is 0 Å². The maximum absolute atomic E-state index is 13.2. The molecule has 5 heteroatoms. The van der Waals surface area contributed by atoms with Crippen LogP contribution in [0.3, 0.4) is 0 Å². The van der Waals surface area contributed by atoms with E-state index in [1.807, 2.05) is 0 Å². The lowest BCUT2D eigenvalue weighted by Gasteiger charge is -2.10. The number of nitrogens with one attached hydrogen (secondary N) is 1. The molecule has 2 heterocycles. The molecule has 2 aromatic rings. The van der Waals surface area contributed by atoms with Gasteiger partial charge in [-0.3, -0.25) is 4.79 Å². The molecule has 0 saturated carbocycles. The Hall–Kier alpha value is -1.88. The number of furan rings is 1. The molecule has 1 aromatic heterocycles. The Morgan fingerprint density at radius 2 is 2.35 bits per heavy atom. The molecule has 1 aliphatic heterocycles. The molecule has 20 heavy (non-hydrogen) atoms. The van der Waals surface area contributed by atoms with E-state index in [4.69, 9.17) is 9.15 Å². The van der Waals surface area contributed by atoms with Crippen LogP contribution in [-0.2, 0) is 16.0 Å². The van der Waals surface area contributed by atoms with Crippen LogP contribution in [-0.4, -0.2) is 25.2 Å². The molecule has 1 saturated heterocycles. The van der Waals surface area contributed by atoms with E-state index in [0.29, 0.717) is 23.1 Å². The van der Waals surface area contributed by atoms with Crippen LogP contribution in [0, 0.1) is 5.82 Å². The highest BCUT2D eigenvalue weighted by molar-refractivity contribution is 5.87. The number of amides is 1. The molecule has 1 atom stereocenters. The van der Waals surface area contributed by atoms with E-state index in [2.05, 4.69) is 5.32 Å². The number of carbonyl (C=O) groups excluding carboxylic acids is 1. The fourth-order valence-corrected chi connectivity index (χ4v) is 2.46. The van der Waals surface area contributed by atoms with Crippen molar-refractivity contribution in [2.24, 2.45) is 0 Å². The van der Waals surface area contributed by atoms with Crippen molar-refractivity contribution in [2.45, 2.75) is 25.4 Å². The fraction of sp³-hybridized carbons (Fsp3) is 0.400. The molecular weight excluding hydrogens is 261 g/mol. The summed E-state index contributed by atoms with van der Waals surface area (Å²) >= 11 is 0. The molecule has 106 valence electrons. The van der Waals surface area contributed by atoms with Gasteiger partial charge in [0.2, 0.25) is 5.91 Å². The molecule has 1 unspecified atom stereocenters. The Morgan fingerprint density at radius 3 is 3.15 bits per heavy atom. The van der Waals surface area contributed by atoms with Gasteiger partial charge in [-0.2, -0.15) is 0 Å². The van der Waals surface area contributed by atoms with Crippen molar-refractivity contribution in [3.05, 3.63) is 35.8 Å². The normalized spacial score (nSPS) is 18.6. The van der Waals surface area contributed by atoms with E-state index >= 15 is 0 Å². The third-order valence-electron chi connectivity index (χ3n) is 3.52. The summed E-state index contributed by atoms with van der Waals surface area (Å²) in [7, 11) is 0. The van der Waals surface area contributed by atoms with Gasteiger partial charge >= 0.3 is 0 Å². The Morgan fingerprint density at radius 1 is 1.45 bits per heavy atom. The standard InChI is InChI=1S/C15H16FNO3/c16-11-3-4-14-13(7-11)10(9-20-14)6-15(18)17-8-12-2-1-5-19-12/h3-4,7,9,12H,1-2,5-6,8H2,(H,17,18). The van der Waals surface area contributed by atoms with Gasteiger partial charge < -0.3 is 14.5 Å². The molecule has 1 fully saturated rings. The van der Waals surface area contributed by atoms with Crippen molar-refractivity contribution in [2.75, 3.05) is 13.2 Å². The third-order valence-corrected chi connectivity index (χ3v) is 3.52. The lowest BCUT2D eigenvalue weighted by molar-refractivity contribution is -0.120. The predicted molar refractivity (Wildman–Crippen MR) is 71.9 cm³/mol. The Bertz CT molecular complexity index is 617. The van der Waals surface area contributed by atoms with Gasteiger partial charge in [0.05, 0.1) is 18.8 Å². The molecule has 0 spiro atoms. The van der Waals surface area contributed by atoms with Crippen LogP contribution in [0.5, 0.6) is 0 Å². The average Bonchev–Trinajstić information content (AvgIpc) is 3.07. The topological polar surface area (TPSA) is 51.5 Å². The molecule has 0 bridgehead atoms. The molecule has 1 aromatic carbocycles. The number of hydrogen-bond acceptors (Lipinski definition) is 3. The number of carbonyl (C=O) groups is 1. The van der Waals surface area contributed by atoms with Crippen LogP contribution in [0.1, 0.15) is 18.4 Å². The second-order valence-corrected chi connectivity index (χ2v) is 5.02. The van der Waals surface area contributed by atoms with Gasteiger partial charge in [-0.25, -0.2) is 4.39 Å². The summed E-state index contributed by atoms with van der Waals surface area (Å²) < 4.78 is 24.0. The molecule has 4 nitrogen and oxygen atoms in total. The van der Waals surface area contributed by atoms with Crippen molar-refractivity contribution >= 4 is 16.9 Å². The quantitative estimate of drug-likeness (QED) is 0.933. The maximum atomic E-state index is 13.2. The van der Waals surface area contributed by atoms with Gasteiger partial charge in [0, 0.05) is 24.1 Å². The highest BCUT2D eigenvalue weighted by Crippen LogP contribution is 2.22. The summed E-state index contributed by atoms with van der Waals surface area (Å²) in [5, 5.41) is 3.49. The van der Waals surface area contributed by atoms with E-state index in [1.165, 1.54) is 18.4 Å². The van der Waals surface area contributed by atoms with E-state index in [1.54, 1.807) is 6.07 Å². The second kappa shape index (κ2) is 5.63. The monoisotopic (exact) mass is 277 g/mol. The first-order chi connectivity index (χ1) is 9.72. The van der Waals surface area contributed by atoms with Crippen molar-refractivity contribution in [1.29, 1.82) is 0 Å². The highest BCUT2D eigenvalue weighted by Gasteiger charge is 2.17. The SMILES string of the molecule is O=C(Cc1coc2ccc(F)cc12)NCC1CCCO1. The first-order valence-corrected chi connectivity index (χ1v) is 6.76. The van der Waals surface area contributed by atoms with Gasteiger partial charge in [0.1, 0.15) is 11.4 Å². The Labute approximate surface area is 115 Å². The molecular formula is C15H16FNO3. The number of benzene rings is 1. The lowest BCUT2D eigenvalue weighted by atomic mass is 10.1. The van der Waals surface area contributed by atoms with E-state index in [0.717, 1.165) is 19.4 Å². The number of rotatable bonds is 4. The highest BCUT2D eigenvalue weighted by atomic mass is 19.1. The lowest BCUT2D eigenvalue weighted by Crippen LogP contribution is -2.32. The van der Waals surface area contributed by atoms with Crippen LogP contribution in [0.2, 0.25) is 0 Å². The first-order valence-electron chi connectivity index (χ1n) is 6.76. The minimum atomic E-state index is -0.333. The molecule has 1 amide bonds. The number of hydrogen-bond donors (Lipinski definition) is 1. The Balaban J connectivity index is 1.63. The van der Waals surface area contributed by atoms with Crippen LogP contribution < -0.4 is 5.32 Å². The van der Waals surface area contributed by atoms with E-state index < -0.39 is 0 Å². The van der Waals surface area contributed by atoms with E-state index in [9.17, 15) is 9.18 Å². The second-order valence-electron chi connectivity index (χ2n) is 5.02. The third kappa shape index (κ3) is 2.82. The predicted octanol–water partition coefficient (Wildman–Crippen LogP) is 2.41. The zero-order valence-corrected chi connectivity index (χ0v) is 11.0. The number of fused-ring (bicyclic) bond motifs is 1. The smallest absolute Gasteiger partial charge is 0.224 e. The van der Waals surface area contributed by atoms with Gasteiger partial charge in [0.15, 0.2) is 0 Å². The first kappa shape index (κ1) is 13.1. The molecule has 0 aliphatic carbocycles. The van der Waals surface area contributed by atoms with Crippen molar-refractivity contribution in [1.82, 2.24) is 5.32 Å². The van der Waals surface area contributed by atoms with Gasteiger partial charge in [-0.1, -0.05) is 0 Å². The molecule has 1 aliphatic rings. The number of halogens is 1. The van der Waals surface area contributed by atoms with Crippen LogP contribution in [0.15, 0.2) is 28.9 Å². The Kier molecular flexibility index (Phi) is 3.69. The summed E-state index contributed by atoms with van der Waals surface area (Å²) in [4.78, 5) is 11.9. The summed E-state index contributed by atoms with van der Waals surface area (Å²) in [5.41, 5.74) is 1.29. The van der Waals surface area contributed by atoms with E-state index in [-0.39, 0.29) is 24.2 Å². The molecule has 3 rings (SSSR count). The largest absolute Gasteiger partial charge is 0.464 e. The average molecular weight is 277 g/mol. The fourth-order valence-electron chi connectivity index (χ4n) is 2.46. The summed E-state index contributed by atoms with van der Waals surface area (Å²) in [6, 6.07) is 4.30.